The molecule has 1 atom stereocenters. The largest absolute Gasteiger partial charge is 0.265 e. The maximum Gasteiger partial charge on any atom is 0.152 e. The van der Waals surface area contributed by atoms with Crippen LogP contribution in [0.3, 0.4) is 0 Å². The SMILES string of the molecule is CC(C)c1c(CBr)cnn1C1CCS(=O)(=O)C1. The summed E-state index contributed by atoms with van der Waals surface area (Å²) in [5.41, 5.74) is 2.31. The number of sulfone groups is 1. The zero-order valence-corrected chi connectivity index (χ0v) is 12.5. The van der Waals surface area contributed by atoms with Crippen molar-refractivity contribution in [2.45, 2.75) is 37.6 Å². The summed E-state index contributed by atoms with van der Waals surface area (Å²) in [4.78, 5) is 0. The molecule has 1 unspecified atom stereocenters. The predicted molar refractivity (Wildman–Crippen MR) is 71.3 cm³/mol. The molecule has 0 spiro atoms. The molecule has 2 heterocycles. The molecule has 2 rings (SSSR count). The number of nitrogens with zero attached hydrogens (tertiary/aromatic N) is 2. The Morgan fingerprint density at radius 1 is 1.59 bits per heavy atom. The Hall–Kier alpha value is -0.360. The lowest BCUT2D eigenvalue weighted by Gasteiger charge is -2.16. The van der Waals surface area contributed by atoms with Crippen molar-refractivity contribution in [1.29, 1.82) is 0 Å². The first kappa shape index (κ1) is 13.1. The van der Waals surface area contributed by atoms with E-state index < -0.39 is 9.84 Å². The molecule has 6 heteroatoms. The molecule has 17 heavy (non-hydrogen) atoms. The number of aromatic nitrogens is 2. The highest BCUT2D eigenvalue weighted by atomic mass is 79.9. The van der Waals surface area contributed by atoms with Gasteiger partial charge in [0.2, 0.25) is 0 Å². The Labute approximate surface area is 110 Å². The van der Waals surface area contributed by atoms with Gasteiger partial charge in [-0.05, 0) is 12.3 Å². The van der Waals surface area contributed by atoms with E-state index in [4.69, 9.17) is 0 Å². The molecular formula is C11H17BrN2O2S. The van der Waals surface area contributed by atoms with Crippen molar-refractivity contribution in [3.8, 4) is 0 Å². The van der Waals surface area contributed by atoms with Crippen molar-refractivity contribution < 1.29 is 8.42 Å². The van der Waals surface area contributed by atoms with Crippen molar-refractivity contribution >= 4 is 25.8 Å². The van der Waals surface area contributed by atoms with Crippen molar-refractivity contribution in [1.82, 2.24) is 9.78 Å². The van der Waals surface area contributed by atoms with Crippen LogP contribution in [0.5, 0.6) is 0 Å². The quantitative estimate of drug-likeness (QED) is 0.803. The number of hydrogen-bond acceptors (Lipinski definition) is 3. The van der Waals surface area contributed by atoms with Crippen LogP contribution in [0.2, 0.25) is 0 Å². The lowest BCUT2D eigenvalue weighted by molar-refractivity contribution is 0.470. The molecule has 96 valence electrons. The van der Waals surface area contributed by atoms with Gasteiger partial charge in [0.05, 0.1) is 23.7 Å². The van der Waals surface area contributed by atoms with Crippen LogP contribution in [0.4, 0.5) is 0 Å². The van der Waals surface area contributed by atoms with Crippen LogP contribution in [0, 0.1) is 0 Å². The average molecular weight is 321 g/mol. The molecule has 0 amide bonds. The van der Waals surface area contributed by atoms with Gasteiger partial charge in [-0.25, -0.2) is 8.42 Å². The zero-order chi connectivity index (χ0) is 12.6. The molecule has 0 radical (unpaired) electrons. The van der Waals surface area contributed by atoms with Crippen molar-refractivity contribution in [2.24, 2.45) is 0 Å². The van der Waals surface area contributed by atoms with Crippen LogP contribution < -0.4 is 0 Å². The van der Waals surface area contributed by atoms with Crippen LogP contribution in [0.25, 0.3) is 0 Å². The standard InChI is InChI=1S/C11H17BrN2O2S/c1-8(2)11-9(5-12)6-13-14(11)10-3-4-17(15,16)7-10/h6,8,10H,3-5,7H2,1-2H3. The number of rotatable bonds is 3. The van der Waals surface area contributed by atoms with E-state index in [2.05, 4.69) is 34.9 Å². The second-order valence-corrected chi connectivity index (χ2v) is 7.63. The fraction of sp³-hybridized carbons (Fsp3) is 0.727. The molecular weight excluding hydrogens is 304 g/mol. The summed E-state index contributed by atoms with van der Waals surface area (Å²) in [7, 11) is -2.86. The minimum Gasteiger partial charge on any atom is -0.265 e. The normalized spacial score (nSPS) is 23.4. The molecule has 0 aromatic carbocycles. The van der Waals surface area contributed by atoms with Gasteiger partial charge in [-0.1, -0.05) is 29.8 Å². The van der Waals surface area contributed by atoms with Gasteiger partial charge in [-0.2, -0.15) is 5.10 Å². The molecule has 1 fully saturated rings. The lowest BCUT2D eigenvalue weighted by Crippen LogP contribution is -2.16. The minimum absolute atomic E-state index is 0.0187. The third-order valence-corrected chi connectivity index (χ3v) is 5.51. The minimum atomic E-state index is -2.86. The van der Waals surface area contributed by atoms with Gasteiger partial charge < -0.3 is 0 Å². The smallest absolute Gasteiger partial charge is 0.152 e. The van der Waals surface area contributed by atoms with Crippen LogP contribution in [-0.2, 0) is 15.2 Å². The molecule has 1 aliphatic rings. The monoisotopic (exact) mass is 320 g/mol. The summed E-state index contributed by atoms with van der Waals surface area (Å²) in [6.07, 6.45) is 2.53. The highest BCUT2D eigenvalue weighted by molar-refractivity contribution is 9.08. The summed E-state index contributed by atoms with van der Waals surface area (Å²) in [6, 6.07) is 0.0187. The molecule has 1 saturated heterocycles. The molecule has 0 N–H and O–H groups in total. The van der Waals surface area contributed by atoms with Crippen LogP contribution >= 0.6 is 15.9 Å². The van der Waals surface area contributed by atoms with Crippen molar-refractivity contribution in [3.63, 3.8) is 0 Å². The Bertz CT molecular complexity index is 508. The Kier molecular flexibility index (Phi) is 3.63. The Morgan fingerprint density at radius 2 is 2.29 bits per heavy atom. The summed E-state index contributed by atoms with van der Waals surface area (Å²) >= 11 is 3.45. The van der Waals surface area contributed by atoms with Gasteiger partial charge in [0.1, 0.15) is 0 Å². The second-order valence-electron chi connectivity index (χ2n) is 4.84. The molecule has 0 aliphatic carbocycles. The summed E-state index contributed by atoms with van der Waals surface area (Å²) in [5, 5.41) is 5.14. The molecule has 0 saturated carbocycles. The maximum atomic E-state index is 11.5. The van der Waals surface area contributed by atoms with E-state index in [1.165, 1.54) is 0 Å². The van der Waals surface area contributed by atoms with E-state index >= 15 is 0 Å². The van der Waals surface area contributed by atoms with Gasteiger partial charge in [-0.3, -0.25) is 4.68 Å². The first-order chi connectivity index (χ1) is 7.94. The number of hydrogen-bond donors (Lipinski definition) is 0. The third-order valence-electron chi connectivity index (χ3n) is 3.16. The summed E-state index contributed by atoms with van der Waals surface area (Å²) in [5.74, 6) is 0.878. The molecule has 4 nitrogen and oxygen atoms in total. The topological polar surface area (TPSA) is 52.0 Å². The average Bonchev–Trinajstić information content (AvgIpc) is 2.80. The lowest BCUT2D eigenvalue weighted by atomic mass is 10.1. The van der Waals surface area contributed by atoms with Crippen molar-refractivity contribution in [3.05, 3.63) is 17.5 Å². The van der Waals surface area contributed by atoms with Crippen molar-refractivity contribution in [2.75, 3.05) is 11.5 Å². The Balaban J connectivity index is 2.36. The molecule has 0 bridgehead atoms. The van der Waals surface area contributed by atoms with Gasteiger partial charge in [-0.15, -0.1) is 0 Å². The van der Waals surface area contributed by atoms with E-state index in [0.29, 0.717) is 18.1 Å². The molecule has 1 aromatic heterocycles. The van der Waals surface area contributed by atoms with E-state index in [-0.39, 0.29) is 11.8 Å². The third kappa shape index (κ3) is 2.57. The summed E-state index contributed by atoms with van der Waals surface area (Å²) < 4.78 is 25.0. The maximum absolute atomic E-state index is 11.5. The van der Waals surface area contributed by atoms with E-state index in [0.717, 1.165) is 16.6 Å². The van der Waals surface area contributed by atoms with E-state index in [9.17, 15) is 8.42 Å². The van der Waals surface area contributed by atoms with Crippen LogP contribution in [0.15, 0.2) is 6.20 Å². The first-order valence-electron chi connectivity index (χ1n) is 5.77. The first-order valence-corrected chi connectivity index (χ1v) is 8.71. The van der Waals surface area contributed by atoms with Crippen LogP contribution in [0.1, 0.15) is 43.5 Å². The van der Waals surface area contributed by atoms with E-state index in [1.54, 1.807) is 0 Å². The Morgan fingerprint density at radius 3 is 2.76 bits per heavy atom. The van der Waals surface area contributed by atoms with Gasteiger partial charge in [0.25, 0.3) is 0 Å². The van der Waals surface area contributed by atoms with Gasteiger partial charge in [0.15, 0.2) is 9.84 Å². The summed E-state index contributed by atoms with van der Waals surface area (Å²) in [6.45, 7) is 4.23. The predicted octanol–water partition coefficient (Wildman–Crippen LogP) is 2.26. The second kappa shape index (κ2) is 4.72. The molecule has 1 aromatic rings. The number of halogens is 1. The number of alkyl halides is 1. The fourth-order valence-corrected chi connectivity index (χ4v) is 4.53. The van der Waals surface area contributed by atoms with Gasteiger partial charge in [0, 0.05) is 16.6 Å². The highest BCUT2D eigenvalue weighted by Crippen LogP contribution is 2.29. The molecule has 1 aliphatic heterocycles. The zero-order valence-electron chi connectivity index (χ0n) is 10.1. The highest BCUT2D eigenvalue weighted by Gasteiger charge is 2.31. The van der Waals surface area contributed by atoms with Gasteiger partial charge >= 0.3 is 0 Å². The fourth-order valence-electron chi connectivity index (χ4n) is 2.40. The van der Waals surface area contributed by atoms with E-state index in [1.807, 2.05) is 10.9 Å². The van der Waals surface area contributed by atoms with Crippen LogP contribution in [-0.4, -0.2) is 29.7 Å².